The number of rotatable bonds is 10. The predicted octanol–water partition coefficient (Wildman–Crippen LogP) is 1.83. The molecule has 4 unspecified atom stereocenters. The van der Waals surface area contributed by atoms with Crippen LogP contribution in [0.3, 0.4) is 0 Å². The van der Waals surface area contributed by atoms with E-state index in [-0.39, 0.29) is 12.8 Å². The Balaban J connectivity index is 1.33. The Morgan fingerprint density at radius 2 is 1.49 bits per heavy atom. The summed E-state index contributed by atoms with van der Waals surface area (Å²) in [4.78, 5) is 59.8. The van der Waals surface area contributed by atoms with Gasteiger partial charge in [-0.2, -0.15) is 0 Å². The molecule has 4 atom stereocenters. The van der Waals surface area contributed by atoms with Crippen LogP contribution in [0, 0.1) is 0 Å². The van der Waals surface area contributed by atoms with E-state index in [4.69, 9.17) is 5.73 Å². The van der Waals surface area contributed by atoms with Crippen molar-refractivity contribution in [3.05, 3.63) is 72.1 Å². The zero-order chi connectivity index (χ0) is 29.1. The van der Waals surface area contributed by atoms with Crippen LogP contribution in [-0.4, -0.2) is 74.4 Å². The molecule has 11 heteroatoms. The van der Waals surface area contributed by atoms with Gasteiger partial charge < -0.3 is 36.3 Å². The minimum absolute atomic E-state index is 0.0827. The molecule has 1 fully saturated rings. The van der Waals surface area contributed by atoms with Gasteiger partial charge in [-0.15, -0.1) is 0 Å². The summed E-state index contributed by atoms with van der Waals surface area (Å²) >= 11 is 0. The third kappa shape index (κ3) is 5.94. The highest BCUT2D eigenvalue weighted by Gasteiger charge is 2.39. The van der Waals surface area contributed by atoms with E-state index >= 15 is 0 Å². The van der Waals surface area contributed by atoms with Crippen molar-refractivity contribution in [2.24, 2.45) is 5.73 Å². The van der Waals surface area contributed by atoms with Crippen molar-refractivity contribution in [2.45, 2.75) is 56.8 Å². The molecule has 0 aliphatic carbocycles. The third-order valence-electron chi connectivity index (χ3n) is 7.68. The Labute approximate surface area is 236 Å². The molecule has 0 bridgehead atoms. The standard InChI is InChI=1S/C30H34N6O5/c1-17(31)27(37)34-24(13-18-15-32-22-9-4-2-7-20(18)22)29(39)36-12-6-11-26(36)28(38)35-25(30(40)41)14-19-16-33-23-10-5-3-8-21(19)23/h2-5,7-10,15-17,24-26,32-33H,6,11-14,31H2,1H3,(H,34,37)(H,35,38)(H,40,41). The van der Waals surface area contributed by atoms with Crippen LogP contribution in [0.4, 0.5) is 0 Å². The normalized spacial score (nSPS) is 17.3. The van der Waals surface area contributed by atoms with E-state index in [0.717, 1.165) is 32.9 Å². The summed E-state index contributed by atoms with van der Waals surface area (Å²) in [5.41, 5.74) is 9.17. The molecule has 1 saturated heterocycles. The fourth-order valence-corrected chi connectivity index (χ4v) is 5.52. The van der Waals surface area contributed by atoms with E-state index in [9.17, 15) is 24.3 Å². The van der Waals surface area contributed by atoms with Gasteiger partial charge in [-0.25, -0.2) is 4.79 Å². The lowest BCUT2D eigenvalue weighted by Crippen LogP contribution is -2.57. The zero-order valence-electron chi connectivity index (χ0n) is 22.7. The number of carbonyl (C=O) groups is 4. The second-order valence-corrected chi connectivity index (χ2v) is 10.6. The first-order valence-electron chi connectivity index (χ1n) is 13.7. The van der Waals surface area contributed by atoms with Crippen LogP contribution in [0.2, 0.25) is 0 Å². The number of aliphatic carboxylic acids is 1. The Kier molecular flexibility index (Phi) is 8.06. The largest absolute Gasteiger partial charge is 0.480 e. The number of carboxylic acids is 1. The maximum atomic E-state index is 13.9. The second-order valence-electron chi connectivity index (χ2n) is 10.6. The van der Waals surface area contributed by atoms with Gasteiger partial charge in [0.1, 0.15) is 18.1 Å². The molecule has 11 nitrogen and oxygen atoms in total. The molecule has 4 aromatic rings. The lowest BCUT2D eigenvalue weighted by Gasteiger charge is -2.30. The highest BCUT2D eigenvalue weighted by atomic mass is 16.4. The molecule has 2 aromatic heterocycles. The molecular weight excluding hydrogens is 524 g/mol. The quantitative estimate of drug-likeness (QED) is 0.173. The number of aromatic amines is 2. The van der Waals surface area contributed by atoms with Crippen LogP contribution < -0.4 is 16.4 Å². The Bertz CT molecular complexity index is 1590. The van der Waals surface area contributed by atoms with Gasteiger partial charge in [-0.1, -0.05) is 36.4 Å². The molecule has 1 aliphatic heterocycles. The van der Waals surface area contributed by atoms with E-state index in [0.29, 0.717) is 19.4 Å². The Morgan fingerprint density at radius 1 is 0.927 bits per heavy atom. The van der Waals surface area contributed by atoms with Crippen LogP contribution in [0.25, 0.3) is 21.8 Å². The molecule has 0 radical (unpaired) electrons. The number of nitrogens with one attached hydrogen (secondary N) is 4. The van der Waals surface area contributed by atoms with Gasteiger partial charge in [0, 0.05) is 53.6 Å². The molecule has 214 valence electrons. The molecule has 3 amide bonds. The number of carbonyl (C=O) groups excluding carboxylic acids is 3. The minimum Gasteiger partial charge on any atom is -0.480 e. The van der Waals surface area contributed by atoms with E-state index in [2.05, 4.69) is 20.6 Å². The number of amides is 3. The van der Waals surface area contributed by atoms with Crippen LogP contribution in [0.1, 0.15) is 30.9 Å². The summed E-state index contributed by atoms with van der Waals surface area (Å²) < 4.78 is 0. The summed E-state index contributed by atoms with van der Waals surface area (Å²) in [5, 5.41) is 17.1. The van der Waals surface area contributed by atoms with E-state index < -0.39 is 47.9 Å². The number of para-hydroxylation sites is 2. The fraction of sp³-hybridized carbons (Fsp3) is 0.333. The van der Waals surface area contributed by atoms with Gasteiger partial charge in [-0.05, 0) is 43.0 Å². The average Bonchev–Trinajstić information content (AvgIpc) is 3.71. The minimum atomic E-state index is -1.18. The second kappa shape index (κ2) is 11.8. The first kappa shape index (κ1) is 27.9. The van der Waals surface area contributed by atoms with Gasteiger partial charge >= 0.3 is 5.97 Å². The molecule has 3 heterocycles. The molecule has 5 rings (SSSR count). The zero-order valence-corrected chi connectivity index (χ0v) is 22.7. The Hall–Kier alpha value is -4.64. The van der Waals surface area contributed by atoms with Crippen LogP contribution in [0.5, 0.6) is 0 Å². The van der Waals surface area contributed by atoms with Crippen molar-refractivity contribution in [1.82, 2.24) is 25.5 Å². The SMILES string of the molecule is CC(N)C(=O)NC(Cc1c[nH]c2ccccc12)C(=O)N1CCCC1C(=O)NC(Cc1c[nH]c2ccccc12)C(=O)O. The number of H-pyrrole nitrogens is 2. The highest BCUT2D eigenvalue weighted by molar-refractivity contribution is 5.95. The van der Waals surface area contributed by atoms with Crippen LogP contribution in [-0.2, 0) is 32.0 Å². The van der Waals surface area contributed by atoms with Crippen molar-refractivity contribution in [3.8, 4) is 0 Å². The van der Waals surface area contributed by atoms with Gasteiger partial charge in [0.15, 0.2) is 0 Å². The van der Waals surface area contributed by atoms with Gasteiger partial charge in [0.2, 0.25) is 17.7 Å². The van der Waals surface area contributed by atoms with Crippen molar-refractivity contribution in [1.29, 1.82) is 0 Å². The maximum absolute atomic E-state index is 13.9. The van der Waals surface area contributed by atoms with Gasteiger partial charge in [0.05, 0.1) is 6.04 Å². The summed E-state index contributed by atoms with van der Waals surface area (Å²) in [7, 11) is 0. The molecule has 2 aromatic carbocycles. The first-order chi connectivity index (χ1) is 19.7. The van der Waals surface area contributed by atoms with Crippen molar-refractivity contribution < 1.29 is 24.3 Å². The highest BCUT2D eigenvalue weighted by Crippen LogP contribution is 2.24. The number of nitrogens with two attached hydrogens (primary N) is 1. The van der Waals surface area contributed by atoms with Gasteiger partial charge in [-0.3, -0.25) is 14.4 Å². The predicted molar refractivity (Wildman–Crippen MR) is 154 cm³/mol. The number of aromatic nitrogens is 2. The number of hydrogen-bond donors (Lipinski definition) is 6. The number of hydrogen-bond acceptors (Lipinski definition) is 5. The number of carboxylic acid groups (broad SMARTS) is 1. The topological polar surface area (TPSA) is 173 Å². The summed E-state index contributed by atoms with van der Waals surface area (Å²) in [6.45, 7) is 1.85. The number of fused-ring (bicyclic) bond motifs is 2. The molecule has 1 aliphatic rings. The van der Waals surface area contributed by atoms with E-state index in [1.807, 2.05) is 48.5 Å². The van der Waals surface area contributed by atoms with Crippen molar-refractivity contribution in [3.63, 3.8) is 0 Å². The van der Waals surface area contributed by atoms with Crippen LogP contribution >= 0.6 is 0 Å². The summed E-state index contributed by atoms with van der Waals surface area (Å²) in [6, 6.07) is 11.4. The maximum Gasteiger partial charge on any atom is 0.326 e. The van der Waals surface area contributed by atoms with Crippen molar-refractivity contribution in [2.75, 3.05) is 6.54 Å². The Morgan fingerprint density at radius 3 is 2.05 bits per heavy atom. The molecule has 0 saturated carbocycles. The molecule has 7 N–H and O–H groups in total. The summed E-state index contributed by atoms with van der Waals surface area (Å²) in [5.74, 6) is -2.59. The van der Waals surface area contributed by atoms with Crippen molar-refractivity contribution >= 4 is 45.5 Å². The summed E-state index contributed by atoms with van der Waals surface area (Å²) in [6.07, 6.45) is 4.79. The average molecular weight is 559 g/mol. The first-order valence-corrected chi connectivity index (χ1v) is 13.7. The number of likely N-dealkylation sites (tertiary alicyclic amines) is 1. The van der Waals surface area contributed by atoms with E-state index in [1.165, 1.54) is 11.8 Å². The molecular formula is C30H34N6O5. The van der Waals surface area contributed by atoms with E-state index in [1.54, 1.807) is 12.4 Å². The third-order valence-corrected chi connectivity index (χ3v) is 7.68. The smallest absolute Gasteiger partial charge is 0.326 e. The monoisotopic (exact) mass is 558 g/mol. The van der Waals surface area contributed by atoms with Gasteiger partial charge in [0.25, 0.3) is 0 Å². The number of nitrogens with zero attached hydrogens (tertiary/aromatic N) is 1. The van der Waals surface area contributed by atoms with Crippen LogP contribution in [0.15, 0.2) is 60.9 Å². The lowest BCUT2D eigenvalue weighted by molar-refractivity contribution is -0.144. The number of benzene rings is 2. The fourth-order valence-electron chi connectivity index (χ4n) is 5.52. The lowest BCUT2D eigenvalue weighted by atomic mass is 10.0. The molecule has 41 heavy (non-hydrogen) atoms. The molecule has 0 spiro atoms.